The molecule has 4 heteroatoms. The predicted octanol–water partition coefficient (Wildman–Crippen LogP) is 2.28. The van der Waals surface area contributed by atoms with Gasteiger partial charge in [-0.3, -0.25) is 10.1 Å². The second-order valence-electron chi connectivity index (χ2n) is 6.25. The van der Waals surface area contributed by atoms with Gasteiger partial charge in [0.25, 0.3) is 0 Å². The molecule has 0 saturated heterocycles. The molecule has 0 amide bonds. The van der Waals surface area contributed by atoms with Crippen LogP contribution in [0.5, 0.6) is 0 Å². The van der Waals surface area contributed by atoms with Gasteiger partial charge >= 0.3 is 5.97 Å². The van der Waals surface area contributed by atoms with Crippen LogP contribution < -0.4 is 5.32 Å². The first-order chi connectivity index (χ1) is 8.64. The van der Waals surface area contributed by atoms with Gasteiger partial charge in [-0.2, -0.15) is 0 Å². The summed E-state index contributed by atoms with van der Waals surface area (Å²) in [4.78, 5) is 14.4. The minimum atomic E-state index is -0.665. The molecule has 0 aromatic carbocycles. The Morgan fingerprint density at radius 3 is 2.16 bits per heavy atom. The van der Waals surface area contributed by atoms with Crippen LogP contribution in [0.2, 0.25) is 0 Å². The molecule has 0 aromatic heterocycles. The van der Waals surface area contributed by atoms with Crippen molar-refractivity contribution in [2.24, 2.45) is 5.92 Å². The monoisotopic (exact) mass is 272 g/mol. The van der Waals surface area contributed by atoms with Gasteiger partial charge in [-0.15, -0.1) is 0 Å². The number of nitrogens with zero attached hydrogens (tertiary/aromatic N) is 1. The third-order valence-electron chi connectivity index (χ3n) is 3.56. The molecule has 2 atom stereocenters. The number of hydrogen-bond donors (Lipinski definition) is 1. The van der Waals surface area contributed by atoms with Crippen LogP contribution in [0.25, 0.3) is 0 Å². The second kappa shape index (κ2) is 7.85. The standard InChI is InChI=1S/C15H32N2O2/c1-9-19-14(18)15(7,16-12(4)5)10-17(8)13(6)11(2)3/h11-13,16H,9-10H2,1-8H3. The van der Waals surface area contributed by atoms with Crippen molar-refractivity contribution in [3.8, 4) is 0 Å². The van der Waals surface area contributed by atoms with Crippen molar-refractivity contribution in [3.63, 3.8) is 0 Å². The topological polar surface area (TPSA) is 41.6 Å². The Morgan fingerprint density at radius 2 is 1.79 bits per heavy atom. The van der Waals surface area contributed by atoms with Crippen LogP contribution in [0.3, 0.4) is 0 Å². The Balaban J connectivity index is 4.90. The van der Waals surface area contributed by atoms with E-state index >= 15 is 0 Å². The zero-order valence-electron chi connectivity index (χ0n) is 13.9. The van der Waals surface area contributed by atoms with Gasteiger partial charge in [0.05, 0.1) is 6.61 Å². The molecule has 0 fully saturated rings. The molecule has 1 N–H and O–H groups in total. The first kappa shape index (κ1) is 18.4. The van der Waals surface area contributed by atoms with E-state index in [0.29, 0.717) is 25.1 Å². The Hall–Kier alpha value is -0.610. The van der Waals surface area contributed by atoms with E-state index in [2.05, 4.69) is 38.0 Å². The average Bonchev–Trinajstić information content (AvgIpc) is 2.26. The van der Waals surface area contributed by atoms with Crippen LogP contribution in [-0.2, 0) is 9.53 Å². The maximum atomic E-state index is 12.2. The van der Waals surface area contributed by atoms with E-state index in [-0.39, 0.29) is 12.0 Å². The fraction of sp³-hybridized carbons (Fsp3) is 0.933. The predicted molar refractivity (Wildman–Crippen MR) is 80.2 cm³/mol. The van der Waals surface area contributed by atoms with E-state index in [1.54, 1.807) is 0 Å². The number of likely N-dealkylation sites (N-methyl/N-ethyl adjacent to an activating group) is 1. The van der Waals surface area contributed by atoms with E-state index in [0.717, 1.165) is 0 Å². The number of carbonyl (C=O) groups excluding carboxylic acids is 1. The molecule has 4 nitrogen and oxygen atoms in total. The van der Waals surface area contributed by atoms with E-state index in [9.17, 15) is 4.79 Å². The number of ether oxygens (including phenoxy) is 1. The van der Waals surface area contributed by atoms with Crippen LogP contribution in [0, 0.1) is 5.92 Å². The molecule has 0 aliphatic heterocycles. The van der Waals surface area contributed by atoms with Gasteiger partial charge < -0.3 is 9.64 Å². The molecule has 0 aliphatic rings. The fourth-order valence-electron chi connectivity index (χ4n) is 2.25. The van der Waals surface area contributed by atoms with Gasteiger partial charge in [0.15, 0.2) is 0 Å². The SMILES string of the molecule is CCOC(=O)C(C)(CN(C)C(C)C(C)C)NC(C)C. The Labute approximate surface area is 118 Å². The average molecular weight is 272 g/mol. The van der Waals surface area contributed by atoms with Crippen molar-refractivity contribution in [3.05, 3.63) is 0 Å². The molecule has 0 saturated carbocycles. The lowest BCUT2D eigenvalue weighted by molar-refractivity contribution is -0.151. The summed E-state index contributed by atoms with van der Waals surface area (Å²) in [6.07, 6.45) is 0. The van der Waals surface area contributed by atoms with Gasteiger partial charge in [0, 0.05) is 18.6 Å². The maximum Gasteiger partial charge on any atom is 0.327 e. The summed E-state index contributed by atoms with van der Waals surface area (Å²) in [5.41, 5.74) is -0.665. The zero-order valence-corrected chi connectivity index (χ0v) is 13.9. The summed E-state index contributed by atoms with van der Waals surface area (Å²) < 4.78 is 5.22. The van der Waals surface area contributed by atoms with Gasteiger partial charge in [-0.05, 0) is 47.6 Å². The summed E-state index contributed by atoms with van der Waals surface area (Å²) in [7, 11) is 2.06. The highest BCUT2D eigenvalue weighted by Gasteiger charge is 2.37. The van der Waals surface area contributed by atoms with Crippen molar-refractivity contribution >= 4 is 5.97 Å². The molecule has 0 aliphatic carbocycles. The molecular formula is C15H32N2O2. The van der Waals surface area contributed by atoms with Crippen LogP contribution in [-0.4, -0.2) is 48.7 Å². The quantitative estimate of drug-likeness (QED) is 0.688. The lowest BCUT2D eigenvalue weighted by Gasteiger charge is -2.37. The van der Waals surface area contributed by atoms with E-state index in [1.165, 1.54) is 0 Å². The van der Waals surface area contributed by atoms with Crippen molar-refractivity contribution < 1.29 is 9.53 Å². The first-order valence-electron chi connectivity index (χ1n) is 7.29. The van der Waals surface area contributed by atoms with Crippen molar-refractivity contribution in [2.75, 3.05) is 20.2 Å². The van der Waals surface area contributed by atoms with Gasteiger partial charge in [-0.1, -0.05) is 13.8 Å². The lowest BCUT2D eigenvalue weighted by atomic mass is 9.97. The second-order valence-corrected chi connectivity index (χ2v) is 6.25. The maximum absolute atomic E-state index is 12.2. The molecule has 0 radical (unpaired) electrons. The highest BCUT2D eigenvalue weighted by Crippen LogP contribution is 2.15. The van der Waals surface area contributed by atoms with E-state index in [1.807, 2.05) is 27.7 Å². The number of carbonyl (C=O) groups is 1. The van der Waals surface area contributed by atoms with Crippen molar-refractivity contribution in [2.45, 2.75) is 66.1 Å². The minimum absolute atomic E-state index is 0.175. The molecule has 114 valence electrons. The molecule has 0 aromatic rings. The highest BCUT2D eigenvalue weighted by atomic mass is 16.5. The zero-order chi connectivity index (χ0) is 15.2. The fourth-order valence-corrected chi connectivity index (χ4v) is 2.25. The third-order valence-corrected chi connectivity index (χ3v) is 3.56. The summed E-state index contributed by atoms with van der Waals surface area (Å²) in [6, 6.07) is 0.653. The number of rotatable bonds is 8. The number of nitrogens with one attached hydrogen (secondary N) is 1. The Morgan fingerprint density at radius 1 is 1.26 bits per heavy atom. The number of hydrogen-bond acceptors (Lipinski definition) is 4. The summed E-state index contributed by atoms with van der Waals surface area (Å²) >= 11 is 0. The third kappa shape index (κ3) is 5.91. The molecule has 2 unspecified atom stereocenters. The largest absolute Gasteiger partial charge is 0.465 e. The van der Waals surface area contributed by atoms with E-state index in [4.69, 9.17) is 4.74 Å². The highest BCUT2D eigenvalue weighted by molar-refractivity contribution is 5.80. The molecule has 19 heavy (non-hydrogen) atoms. The Kier molecular flexibility index (Phi) is 7.60. The molecule has 0 bridgehead atoms. The van der Waals surface area contributed by atoms with Crippen molar-refractivity contribution in [1.82, 2.24) is 10.2 Å². The molecule has 0 heterocycles. The number of esters is 1. The molecular weight excluding hydrogens is 240 g/mol. The summed E-state index contributed by atoms with van der Waals surface area (Å²) in [6.45, 7) is 15.5. The van der Waals surface area contributed by atoms with Crippen molar-refractivity contribution in [1.29, 1.82) is 0 Å². The lowest BCUT2D eigenvalue weighted by Crippen LogP contribution is -2.60. The van der Waals surface area contributed by atoms with Crippen LogP contribution in [0.4, 0.5) is 0 Å². The smallest absolute Gasteiger partial charge is 0.327 e. The normalized spacial score (nSPS) is 16.8. The minimum Gasteiger partial charge on any atom is -0.465 e. The first-order valence-corrected chi connectivity index (χ1v) is 7.29. The van der Waals surface area contributed by atoms with Gasteiger partial charge in [0.1, 0.15) is 5.54 Å². The van der Waals surface area contributed by atoms with E-state index < -0.39 is 5.54 Å². The molecule has 0 rings (SSSR count). The van der Waals surface area contributed by atoms with Crippen LogP contribution in [0.15, 0.2) is 0 Å². The van der Waals surface area contributed by atoms with Crippen LogP contribution in [0.1, 0.15) is 48.5 Å². The molecule has 0 spiro atoms. The van der Waals surface area contributed by atoms with Crippen LogP contribution >= 0.6 is 0 Å². The summed E-state index contributed by atoms with van der Waals surface area (Å²) in [5, 5.41) is 3.35. The van der Waals surface area contributed by atoms with Gasteiger partial charge in [0.2, 0.25) is 0 Å². The Bertz CT molecular complexity index is 279. The summed E-state index contributed by atoms with van der Waals surface area (Å²) in [5.74, 6) is 0.377. The van der Waals surface area contributed by atoms with Gasteiger partial charge in [-0.25, -0.2) is 0 Å².